The third-order valence-corrected chi connectivity index (χ3v) is 4.79. The third kappa shape index (κ3) is 3.54. The van der Waals surface area contributed by atoms with E-state index in [1.54, 1.807) is 5.38 Å². The smallest absolute Gasteiger partial charge is 0.254 e. The molecule has 1 amide bonds. The Kier molecular flexibility index (Phi) is 4.85. The van der Waals surface area contributed by atoms with E-state index in [1.807, 2.05) is 25.1 Å². The summed E-state index contributed by atoms with van der Waals surface area (Å²) in [6, 6.07) is 10.2. The van der Waals surface area contributed by atoms with Gasteiger partial charge in [-0.05, 0) is 43.3 Å². The Balaban J connectivity index is 1.57. The van der Waals surface area contributed by atoms with Crippen LogP contribution in [-0.4, -0.2) is 22.4 Å². The lowest BCUT2D eigenvalue weighted by molar-refractivity contribution is 0.0272. The first-order chi connectivity index (χ1) is 10.7. The molecule has 1 saturated carbocycles. The molecule has 3 rings (SSSR count). The van der Waals surface area contributed by atoms with Gasteiger partial charge in [0.25, 0.3) is 5.91 Å². The largest absolute Gasteiger partial charge is 0.371 e. The zero-order valence-corrected chi connectivity index (χ0v) is 13.4. The molecule has 22 heavy (non-hydrogen) atoms. The fourth-order valence-corrected chi connectivity index (χ4v) is 3.52. The number of hydrogen-bond acceptors (Lipinski definition) is 4. The average Bonchev–Trinajstić information content (AvgIpc) is 3.15. The molecule has 2 atom stereocenters. The normalized spacial score (nSPS) is 21.0. The van der Waals surface area contributed by atoms with Gasteiger partial charge in [-0.25, -0.2) is 0 Å². The van der Waals surface area contributed by atoms with E-state index >= 15 is 0 Å². The summed E-state index contributed by atoms with van der Waals surface area (Å²) in [7, 11) is 0. The quantitative estimate of drug-likeness (QED) is 0.920. The van der Waals surface area contributed by atoms with Gasteiger partial charge in [0.1, 0.15) is 0 Å². The first-order valence-corrected chi connectivity index (χ1v) is 8.45. The summed E-state index contributed by atoms with van der Waals surface area (Å²) >= 11 is 1.32. The van der Waals surface area contributed by atoms with Gasteiger partial charge >= 0.3 is 0 Å². The first-order valence-electron chi connectivity index (χ1n) is 7.61. The topological polar surface area (TPSA) is 51.2 Å². The molecule has 116 valence electrons. The van der Waals surface area contributed by atoms with Crippen LogP contribution in [0.4, 0.5) is 0 Å². The molecule has 0 bridgehead atoms. The van der Waals surface area contributed by atoms with Crippen molar-refractivity contribution in [2.45, 2.75) is 44.9 Å². The van der Waals surface area contributed by atoms with Gasteiger partial charge in [-0.3, -0.25) is 4.79 Å². The number of ether oxygens (including phenoxy) is 1. The number of nitrogens with one attached hydrogen (secondary N) is 1. The Morgan fingerprint density at radius 3 is 2.91 bits per heavy atom. The first kappa shape index (κ1) is 15.2. The Hall–Kier alpha value is -1.72. The van der Waals surface area contributed by atoms with Crippen LogP contribution in [0.15, 0.2) is 35.7 Å². The monoisotopic (exact) mass is 316 g/mol. The summed E-state index contributed by atoms with van der Waals surface area (Å²) in [4.78, 5) is 12.3. The number of hydrogen-bond donors (Lipinski definition) is 1. The molecule has 2 aromatic rings. The molecule has 0 radical (unpaired) electrons. The van der Waals surface area contributed by atoms with Crippen LogP contribution in [0.2, 0.25) is 0 Å². The highest BCUT2D eigenvalue weighted by atomic mass is 32.1. The number of aromatic nitrogens is 1. The second kappa shape index (κ2) is 7.03. The van der Waals surface area contributed by atoms with E-state index in [2.05, 4.69) is 21.8 Å². The van der Waals surface area contributed by atoms with Crippen LogP contribution in [0.25, 0.3) is 0 Å². The van der Waals surface area contributed by atoms with Crippen molar-refractivity contribution in [1.29, 1.82) is 0 Å². The molecule has 1 aromatic carbocycles. The Morgan fingerprint density at radius 1 is 1.36 bits per heavy atom. The lowest BCUT2D eigenvalue weighted by Gasteiger charge is -2.21. The molecule has 0 saturated heterocycles. The molecule has 1 aliphatic rings. The Labute approximate surface area is 134 Å². The molecule has 0 aliphatic heterocycles. The third-order valence-electron chi connectivity index (χ3n) is 4.07. The molecular weight excluding hydrogens is 296 g/mol. The predicted molar refractivity (Wildman–Crippen MR) is 87.0 cm³/mol. The molecule has 1 aliphatic carbocycles. The van der Waals surface area contributed by atoms with E-state index in [-0.39, 0.29) is 18.1 Å². The van der Waals surface area contributed by atoms with Gasteiger partial charge in [-0.1, -0.05) is 30.3 Å². The van der Waals surface area contributed by atoms with Gasteiger partial charge in [-0.15, -0.1) is 0 Å². The molecule has 5 heteroatoms. The molecule has 4 nitrogen and oxygen atoms in total. The second-order valence-electron chi connectivity index (χ2n) is 5.66. The minimum Gasteiger partial charge on any atom is -0.371 e. The predicted octanol–water partition coefficient (Wildman–Crippen LogP) is 3.32. The maximum Gasteiger partial charge on any atom is 0.254 e. The van der Waals surface area contributed by atoms with Crippen molar-refractivity contribution in [3.8, 4) is 0 Å². The van der Waals surface area contributed by atoms with Crippen molar-refractivity contribution < 1.29 is 9.53 Å². The number of nitrogens with zero attached hydrogens (tertiary/aromatic N) is 1. The highest BCUT2D eigenvalue weighted by molar-refractivity contribution is 7.03. The zero-order valence-electron chi connectivity index (χ0n) is 12.6. The molecule has 1 aromatic heterocycles. The number of amides is 1. The number of carbonyl (C=O) groups excluding carboxylic acids is 1. The van der Waals surface area contributed by atoms with E-state index < -0.39 is 0 Å². The minimum absolute atomic E-state index is 0.0357. The lowest BCUT2D eigenvalue weighted by Crippen LogP contribution is -2.41. The van der Waals surface area contributed by atoms with E-state index in [4.69, 9.17) is 4.74 Å². The van der Waals surface area contributed by atoms with E-state index in [9.17, 15) is 4.79 Å². The summed E-state index contributed by atoms with van der Waals surface area (Å²) in [6.07, 6.45) is 3.15. The Bertz CT molecular complexity index is 627. The summed E-state index contributed by atoms with van der Waals surface area (Å²) in [5.41, 5.74) is 2.64. The summed E-state index contributed by atoms with van der Waals surface area (Å²) in [6.45, 7) is 2.46. The van der Waals surface area contributed by atoms with Crippen LogP contribution in [-0.2, 0) is 11.3 Å². The van der Waals surface area contributed by atoms with E-state index in [1.165, 1.54) is 11.5 Å². The molecular formula is C17H20N2O2S. The number of carbonyl (C=O) groups is 1. The second-order valence-corrected chi connectivity index (χ2v) is 6.29. The van der Waals surface area contributed by atoms with Crippen molar-refractivity contribution in [3.63, 3.8) is 0 Å². The summed E-state index contributed by atoms with van der Waals surface area (Å²) in [5, 5.41) is 4.92. The van der Waals surface area contributed by atoms with Crippen LogP contribution >= 0.6 is 11.5 Å². The van der Waals surface area contributed by atoms with Crippen molar-refractivity contribution in [1.82, 2.24) is 9.69 Å². The summed E-state index contributed by atoms with van der Waals surface area (Å²) in [5.74, 6) is -0.0357. The average molecular weight is 316 g/mol. The van der Waals surface area contributed by atoms with Crippen LogP contribution in [0.5, 0.6) is 0 Å². The minimum atomic E-state index is -0.0357. The van der Waals surface area contributed by atoms with Crippen LogP contribution in [0.3, 0.4) is 0 Å². The number of aryl methyl sites for hydroxylation is 1. The fraction of sp³-hybridized carbons (Fsp3) is 0.412. The number of rotatable bonds is 5. The van der Waals surface area contributed by atoms with Gasteiger partial charge in [-0.2, -0.15) is 4.37 Å². The van der Waals surface area contributed by atoms with Gasteiger partial charge in [0.15, 0.2) is 0 Å². The van der Waals surface area contributed by atoms with Crippen LogP contribution < -0.4 is 5.32 Å². The molecule has 1 fully saturated rings. The molecule has 0 unspecified atom stereocenters. The highest BCUT2D eigenvalue weighted by Crippen LogP contribution is 2.24. The van der Waals surface area contributed by atoms with Crippen molar-refractivity contribution >= 4 is 17.4 Å². The van der Waals surface area contributed by atoms with Gasteiger partial charge in [0.05, 0.1) is 30.0 Å². The van der Waals surface area contributed by atoms with Crippen molar-refractivity contribution in [2.75, 3.05) is 0 Å². The van der Waals surface area contributed by atoms with E-state index in [0.717, 1.165) is 30.5 Å². The zero-order chi connectivity index (χ0) is 15.4. The molecule has 1 heterocycles. The van der Waals surface area contributed by atoms with Gasteiger partial charge < -0.3 is 10.1 Å². The maximum atomic E-state index is 12.3. The van der Waals surface area contributed by atoms with Crippen molar-refractivity contribution in [3.05, 3.63) is 52.5 Å². The van der Waals surface area contributed by atoms with Crippen molar-refractivity contribution in [2.24, 2.45) is 0 Å². The van der Waals surface area contributed by atoms with E-state index in [0.29, 0.717) is 12.2 Å². The molecule has 1 N–H and O–H groups in total. The SMILES string of the molecule is Cc1nscc1C(=O)N[C@@H]1CCC[C@@H]1OCc1ccccc1. The van der Waals surface area contributed by atoms with Gasteiger partial charge in [0.2, 0.25) is 0 Å². The fourth-order valence-electron chi connectivity index (χ4n) is 2.82. The molecule has 0 spiro atoms. The van der Waals surface area contributed by atoms with Crippen LogP contribution in [0, 0.1) is 6.92 Å². The van der Waals surface area contributed by atoms with Gasteiger partial charge in [0, 0.05) is 5.38 Å². The Morgan fingerprint density at radius 2 is 2.18 bits per heavy atom. The lowest BCUT2D eigenvalue weighted by atomic mass is 10.1. The summed E-state index contributed by atoms with van der Waals surface area (Å²) < 4.78 is 10.2. The highest BCUT2D eigenvalue weighted by Gasteiger charge is 2.30. The maximum absolute atomic E-state index is 12.3. The van der Waals surface area contributed by atoms with Crippen LogP contribution in [0.1, 0.15) is 40.9 Å². The number of benzene rings is 1. The standard InChI is InChI=1S/C17H20N2O2S/c1-12-14(11-22-19-12)17(20)18-15-8-5-9-16(15)21-10-13-6-3-2-4-7-13/h2-4,6-7,11,15-16H,5,8-10H2,1H3,(H,18,20)/t15-,16+/m1/s1.